The van der Waals surface area contributed by atoms with Crippen molar-refractivity contribution in [2.45, 2.75) is 70.4 Å². The molecule has 2 aliphatic rings. The molecule has 0 amide bonds. The molecule has 1 saturated carbocycles. The van der Waals surface area contributed by atoms with Crippen molar-refractivity contribution < 1.29 is 13.9 Å². The molecule has 8 nitrogen and oxygen atoms in total. The number of nitrogens with two attached hydrogens (primary N) is 1. The normalized spacial score (nSPS) is 19.9. The predicted molar refractivity (Wildman–Crippen MR) is 127 cm³/mol. The van der Waals surface area contributed by atoms with Gasteiger partial charge in [0.25, 0.3) is 0 Å². The van der Waals surface area contributed by atoms with Gasteiger partial charge in [-0.2, -0.15) is 15.0 Å². The first kappa shape index (κ1) is 23.5. The summed E-state index contributed by atoms with van der Waals surface area (Å²) >= 11 is 0. The Hall–Kier alpha value is -2.68. The Labute approximate surface area is 195 Å². The van der Waals surface area contributed by atoms with E-state index in [1.807, 2.05) is 11.0 Å². The van der Waals surface area contributed by atoms with Crippen molar-refractivity contribution in [2.75, 3.05) is 30.9 Å². The zero-order valence-corrected chi connectivity index (χ0v) is 19.6. The minimum Gasteiger partial charge on any atom is -0.494 e. The lowest BCUT2D eigenvalue weighted by atomic mass is 9.90. The van der Waals surface area contributed by atoms with E-state index in [4.69, 9.17) is 15.2 Å². The third-order valence-corrected chi connectivity index (χ3v) is 6.74. The standard InChI is InChI=1S/C24H35FN6O2/c1-3-20(19-10-7-13-27-19)31(17-11-12-21(32-2)18(25)14-17)23-28-22(26)29-24(30-23)33-15-16-8-5-4-6-9-16/h11-12,14,16,19-20,27H,3-10,13,15H2,1-2H3,(H2,26,28,29,30). The van der Waals surface area contributed by atoms with Crippen LogP contribution >= 0.6 is 0 Å². The van der Waals surface area contributed by atoms with Gasteiger partial charge in [-0.1, -0.05) is 26.2 Å². The SMILES string of the molecule is CCC(C1CCCN1)N(c1ccc(OC)c(F)c1)c1nc(N)nc(OCC2CCCCC2)n1. The van der Waals surface area contributed by atoms with Crippen molar-refractivity contribution in [1.82, 2.24) is 20.3 Å². The molecule has 2 unspecified atom stereocenters. The van der Waals surface area contributed by atoms with Crippen LogP contribution in [0.5, 0.6) is 11.8 Å². The highest BCUT2D eigenvalue weighted by atomic mass is 19.1. The molecule has 0 radical (unpaired) electrons. The van der Waals surface area contributed by atoms with Crippen LogP contribution in [0.4, 0.5) is 22.0 Å². The summed E-state index contributed by atoms with van der Waals surface area (Å²) in [5.74, 6) is 0.721. The minimum atomic E-state index is -0.440. The first-order chi connectivity index (χ1) is 16.1. The van der Waals surface area contributed by atoms with E-state index in [1.165, 1.54) is 32.4 Å². The van der Waals surface area contributed by atoms with Gasteiger partial charge in [-0.25, -0.2) is 4.39 Å². The smallest absolute Gasteiger partial charge is 0.323 e. The molecule has 2 fully saturated rings. The Morgan fingerprint density at radius 3 is 2.64 bits per heavy atom. The number of anilines is 3. The number of aromatic nitrogens is 3. The van der Waals surface area contributed by atoms with E-state index in [9.17, 15) is 4.39 Å². The molecule has 3 N–H and O–H groups in total. The summed E-state index contributed by atoms with van der Waals surface area (Å²) < 4.78 is 25.8. The molecule has 1 saturated heterocycles. The number of nitrogen functional groups attached to an aromatic ring is 1. The number of nitrogens with one attached hydrogen (secondary N) is 1. The van der Waals surface area contributed by atoms with Crippen molar-refractivity contribution in [2.24, 2.45) is 5.92 Å². The van der Waals surface area contributed by atoms with Crippen LogP contribution in [0.15, 0.2) is 18.2 Å². The average Bonchev–Trinajstić information content (AvgIpc) is 3.36. The summed E-state index contributed by atoms with van der Waals surface area (Å²) in [7, 11) is 1.45. The van der Waals surface area contributed by atoms with E-state index in [-0.39, 0.29) is 29.8 Å². The molecule has 2 atom stereocenters. The van der Waals surface area contributed by atoms with E-state index in [2.05, 4.69) is 27.2 Å². The number of nitrogens with zero attached hydrogens (tertiary/aromatic N) is 4. The van der Waals surface area contributed by atoms with Crippen molar-refractivity contribution in [3.05, 3.63) is 24.0 Å². The number of methoxy groups -OCH3 is 1. The molecule has 1 aromatic heterocycles. The van der Waals surface area contributed by atoms with Crippen LogP contribution in [0.2, 0.25) is 0 Å². The Morgan fingerprint density at radius 1 is 1.15 bits per heavy atom. The lowest BCUT2D eigenvalue weighted by molar-refractivity contribution is 0.196. The van der Waals surface area contributed by atoms with Crippen LogP contribution in [-0.2, 0) is 0 Å². The first-order valence-corrected chi connectivity index (χ1v) is 12.1. The van der Waals surface area contributed by atoms with Gasteiger partial charge in [-0.3, -0.25) is 0 Å². The van der Waals surface area contributed by atoms with Crippen LogP contribution < -0.4 is 25.4 Å². The van der Waals surface area contributed by atoms with Crippen LogP contribution in [-0.4, -0.2) is 47.3 Å². The Kier molecular flexibility index (Phi) is 7.80. The summed E-state index contributed by atoms with van der Waals surface area (Å²) in [5, 5.41) is 3.57. The van der Waals surface area contributed by atoms with Crippen LogP contribution in [0.25, 0.3) is 0 Å². The lowest BCUT2D eigenvalue weighted by Crippen LogP contribution is -2.46. The fourth-order valence-corrected chi connectivity index (χ4v) is 5.03. The fraction of sp³-hybridized carbons (Fsp3) is 0.625. The number of ether oxygens (including phenoxy) is 2. The number of benzene rings is 1. The Bertz CT molecular complexity index is 918. The van der Waals surface area contributed by atoms with Gasteiger partial charge in [-0.05, 0) is 56.7 Å². The topological polar surface area (TPSA) is 98.4 Å². The lowest BCUT2D eigenvalue weighted by Gasteiger charge is -2.35. The quantitative estimate of drug-likeness (QED) is 0.576. The third kappa shape index (κ3) is 5.63. The highest BCUT2D eigenvalue weighted by molar-refractivity contribution is 5.61. The van der Waals surface area contributed by atoms with Crippen molar-refractivity contribution in [3.63, 3.8) is 0 Å². The van der Waals surface area contributed by atoms with Crippen molar-refractivity contribution in [3.8, 4) is 11.8 Å². The molecule has 33 heavy (non-hydrogen) atoms. The van der Waals surface area contributed by atoms with E-state index in [0.717, 1.165) is 38.6 Å². The van der Waals surface area contributed by atoms with E-state index < -0.39 is 5.82 Å². The zero-order valence-electron chi connectivity index (χ0n) is 19.6. The highest BCUT2D eigenvalue weighted by Crippen LogP contribution is 2.33. The molecular formula is C24H35FN6O2. The predicted octanol–water partition coefficient (Wildman–Crippen LogP) is 4.23. The second-order valence-corrected chi connectivity index (χ2v) is 8.96. The van der Waals surface area contributed by atoms with Crippen LogP contribution in [0.1, 0.15) is 58.3 Å². The second kappa shape index (κ2) is 11.0. The molecule has 1 aliphatic heterocycles. The van der Waals surface area contributed by atoms with Gasteiger partial charge in [0, 0.05) is 17.8 Å². The maximum Gasteiger partial charge on any atom is 0.323 e. The summed E-state index contributed by atoms with van der Waals surface area (Å²) in [6.45, 7) is 3.64. The van der Waals surface area contributed by atoms with Crippen LogP contribution in [0.3, 0.4) is 0 Å². The van der Waals surface area contributed by atoms with Gasteiger partial charge < -0.3 is 25.4 Å². The van der Waals surface area contributed by atoms with Gasteiger partial charge in [-0.15, -0.1) is 0 Å². The van der Waals surface area contributed by atoms with Gasteiger partial charge in [0.1, 0.15) is 0 Å². The summed E-state index contributed by atoms with van der Waals surface area (Å²) in [4.78, 5) is 15.2. The molecule has 2 heterocycles. The second-order valence-electron chi connectivity index (χ2n) is 8.96. The average molecular weight is 459 g/mol. The fourth-order valence-electron chi connectivity index (χ4n) is 5.03. The van der Waals surface area contributed by atoms with Gasteiger partial charge >= 0.3 is 6.01 Å². The van der Waals surface area contributed by atoms with E-state index >= 15 is 0 Å². The Balaban J connectivity index is 1.66. The molecule has 2 aromatic rings. The molecule has 9 heteroatoms. The number of hydrogen-bond donors (Lipinski definition) is 2. The maximum atomic E-state index is 14.7. The summed E-state index contributed by atoms with van der Waals surface area (Å²) in [5.41, 5.74) is 6.71. The third-order valence-electron chi connectivity index (χ3n) is 6.74. The van der Waals surface area contributed by atoms with Crippen molar-refractivity contribution in [1.29, 1.82) is 0 Å². The molecule has 1 aliphatic carbocycles. The number of halogens is 1. The zero-order chi connectivity index (χ0) is 23.2. The van der Waals surface area contributed by atoms with Gasteiger partial charge in [0.15, 0.2) is 11.6 Å². The van der Waals surface area contributed by atoms with Crippen LogP contribution in [0, 0.1) is 11.7 Å². The highest BCUT2D eigenvalue weighted by Gasteiger charge is 2.32. The number of rotatable bonds is 9. The molecule has 0 bridgehead atoms. The number of hydrogen-bond acceptors (Lipinski definition) is 8. The van der Waals surface area contributed by atoms with E-state index in [1.54, 1.807) is 6.07 Å². The summed E-state index contributed by atoms with van der Waals surface area (Å²) in [6.07, 6.45) is 9.03. The molecule has 4 rings (SSSR count). The van der Waals surface area contributed by atoms with E-state index in [0.29, 0.717) is 24.2 Å². The van der Waals surface area contributed by atoms with Crippen molar-refractivity contribution >= 4 is 17.6 Å². The first-order valence-electron chi connectivity index (χ1n) is 12.1. The van der Waals surface area contributed by atoms with Gasteiger partial charge in [0.05, 0.1) is 19.8 Å². The largest absolute Gasteiger partial charge is 0.494 e. The molecular weight excluding hydrogens is 423 g/mol. The summed E-state index contributed by atoms with van der Waals surface area (Å²) in [6, 6.07) is 5.35. The monoisotopic (exact) mass is 458 g/mol. The minimum absolute atomic E-state index is 0.00768. The molecule has 180 valence electrons. The molecule has 1 aromatic carbocycles. The molecule has 0 spiro atoms. The Morgan fingerprint density at radius 2 is 1.97 bits per heavy atom. The maximum absolute atomic E-state index is 14.7. The van der Waals surface area contributed by atoms with Gasteiger partial charge in [0.2, 0.25) is 11.9 Å².